The van der Waals surface area contributed by atoms with Gasteiger partial charge in [-0.2, -0.15) is 10.2 Å². The van der Waals surface area contributed by atoms with Crippen LogP contribution in [0.4, 0.5) is 5.69 Å². The van der Waals surface area contributed by atoms with Gasteiger partial charge in [-0.25, -0.2) is 4.21 Å². The molecule has 0 saturated heterocycles. The van der Waals surface area contributed by atoms with Crippen LogP contribution in [0.1, 0.15) is 73.1 Å². The van der Waals surface area contributed by atoms with Crippen LogP contribution in [-0.4, -0.2) is 69.6 Å². The summed E-state index contributed by atoms with van der Waals surface area (Å²) in [5, 5.41) is 9.25. The molecule has 7 atom stereocenters. The van der Waals surface area contributed by atoms with Gasteiger partial charge in [0.05, 0.1) is 27.7 Å². The average Bonchev–Trinajstić information content (AvgIpc) is 3.25. The predicted molar refractivity (Wildman–Crippen MR) is 197 cm³/mol. The lowest BCUT2D eigenvalue weighted by Crippen LogP contribution is -2.52. The molecule has 3 heterocycles. The Morgan fingerprint density at radius 2 is 1.98 bits per heavy atom. The molecule has 2 bridgehead atoms. The van der Waals surface area contributed by atoms with E-state index in [1.807, 2.05) is 37.3 Å². The second kappa shape index (κ2) is 13.1. The molecule has 1 spiro atoms. The Kier molecular flexibility index (Phi) is 9.07. The van der Waals surface area contributed by atoms with Gasteiger partial charge in [0.25, 0.3) is 5.91 Å². The van der Waals surface area contributed by atoms with Crippen LogP contribution < -0.4 is 9.64 Å². The number of fused-ring (bicyclic) bond motifs is 4. The van der Waals surface area contributed by atoms with Gasteiger partial charge >= 0.3 is 0 Å². The first kappa shape index (κ1) is 34.1. The van der Waals surface area contributed by atoms with Crippen LogP contribution in [0.2, 0.25) is 5.02 Å². The summed E-state index contributed by atoms with van der Waals surface area (Å²) in [5.41, 5.74) is 3.67. The van der Waals surface area contributed by atoms with Gasteiger partial charge in [-0.05, 0) is 117 Å². The molecule has 1 amide bonds. The number of anilines is 1. The molecule has 0 radical (unpaired) electrons. The van der Waals surface area contributed by atoms with Crippen LogP contribution in [0, 0.1) is 17.8 Å². The molecule has 2 aromatic carbocycles. The molecular formula is C39H47ClN4O4S. The zero-order valence-corrected chi connectivity index (χ0v) is 30.5. The fourth-order valence-corrected chi connectivity index (χ4v) is 10.6. The van der Waals surface area contributed by atoms with Crippen molar-refractivity contribution in [2.75, 3.05) is 38.8 Å². The summed E-state index contributed by atoms with van der Waals surface area (Å²) in [7, 11) is 0.410. The van der Waals surface area contributed by atoms with Crippen LogP contribution >= 0.6 is 11.6 Å². The summed E-state index contributed by atoms with van der Waals surface area (Å²) in [6, 6.07) is 15.9. The van der Waals surface area contributed by atoms with Gasteiger partial charge in [-0.3, -0.25) is 9.10 Å². The molecule has 1 fully saturated rings. The Morgan fingerprint density at radius 3 is 2.71 bits per heavy atom. The van der Waals surface area contributed by atoms with Crippen LogP contribution in [0.15, 0.2) is 66.9 Å². The fourth-order valence-electron chi connectivity index (χ4n) is 8.70. The Bertz CT molecular complexity index is 1870. The third-order valence-electron chi connectivity index (χ3n) is 12.0. The summed E-state index contributed by atoms with van der Waals surface area (Å²) < 4.78 is 28.9. The van der Waals surface area contributed by atoms with E-state index in [9.17, 15) is 9.00 Å². The van der Waals surface area contributed by atoms with Crippen LogP contribution in [0.5, 0.6) is 5.75 Å². The minimum atomic E-state index is -2.97. The van der Waals surface area contributed by atoms with Crippen molar-refractivity contribution >= 4 is 38.8 Å². The highest BCUT2D eigenvalue weighted by Gasteiger charge is 2.51. The molecule has 2 aliphatic carbocycles. The number of hydrogen-bond acceptors (Lipinski definition) is 7. The number of benzene rings is 2. The van der Waals surface area contributed by atoms with Crippen molar-refractivity contribution in [3.63, 3.8) is 0 Å². The van der Waals surface area contributed by atoms with Gasteiger partial charge in [0.2, 0.25) is 0 Å². The van der Waals surface area contributed by atoms with E-state index in [1.54, 1.807) is 26.4 Å². The molecule has 7 rings (SSSR count). The second-order valence-corrected chi connectivity index (χ2v) is 17.8. The largest absolute Gasteiger partial charge is 0.490 e. The molecule has 1 aromatic heterocycles. The molecule has 1 saturated carbocycles. The normalized spacial score (nSPS) is 33.9. The highest BCUT2D eigenvalue weighted by Crippen LogP contribution is 2.51. The van der Waals surface area contributed by atoms with E-state index in [1.165, 1.54) is 15.4 Å². The topological polar surface area (TPSA) is 84.9 Å². The molecular weight excluding hydrogens is 656 g/mol. The van der Waals surface area contributed by atoms with E-state index in [4.69, 9.17) is 21.1 Å². The van der Waals surface area contributed by atoms with Crippen molar-refractivity contribution in [2.24, 2.45) is 17.8 Å². The quantitative estimate of drug-likeness (QED) is 0.213. The van der Waals surface area contributed by atoms with E-state index in [0.29, 0.717) is 18.6 Å². The minimum Gasteiger partial charge on any atom is -0.490 e. The average molecular weight is 703 g/mol. The molecule has 0 N–H and O–H groups in total. The standard InChI is InChI=1S/C39H47ClN4O4S/c1-26-9-6-19-39(47-4,36-11-8-20-41-42-36)33-15-12-30(33)23-44-24-38(18-7-10-28-21-31(40)14-16-32(28)38)25-48-35-17-13-29(22-34(35)44)37(45)43(3)49(5,46)27(26)2/h6,8,11,13-14,16-17,19-22,26-27,30,33H,5,7,9-10,12,15,18,23-25H2,1-4H3/b19-6+/t26-,27?,30-,33+,38-,39-,49?/m0/s1. The lowest BCUT2D eigenvalue weighted by atomic mass is 9.62. The first-order chi connectivity index (χ1) is 23.5. The Labute approximate surface area is 296 Å². The summed E-state index contributed by atoms with van der Waals surface area (Å²) in [4.78, 5) is 16.5. The first-order valence-electron chi connectivity index (χ1n) is 17.4. The van der Waals surface area contributed by atoms with Gasteiger partial charge in [0.15, 0.2) is 0 Å². The second-order valence-electron chi connectivity index (χ2n) is 14.6. The zero-order valence-electron chi connectivity index (χ0n) is 28.9. The Morgan fingerprint density at radius 1 is 1.14 bits per heavy atom. The van der Waals surface area contributed by atoms with Crippen LogP contribution in [-0.2, 0) is 31.9 Å². The van der Waals surface area contributed by atoms with E-state index in [2.05, 4.69) is 52.2 Å². The lowest BCUT2D eigenvalue weighted by Gasteiger charge is -2.50. The number of nitrogens with zero attached hydrogens (tertiary/aromatic N) is 4. The highest BCUT2D eigenvalue weighted by atomic mass is 35.5. The molecule has 4 aliphatic rings. The van der Waals surface area contributed by atoms with Crippen molar-refractivity contribution in [1.29, 1.82) is 0 Å². The maximum Gasteiger partial charge on any atom is 0.264 e. The zero-order chi connectivity index (χ0) is 34.6. The Balaban J connectivity index is 1.38. The van der Waals surface area contributed by atoms with Crippen molar-refractivity contribution in [3.8, 4) is 5.75 Å². The third kappa shape index (κ3) is 5.85. The first-order valence-corrected chi connectivity index (χ1v) is 19.6. The van der Waals surface area contributed by atoms with Crippen molar-refractivity contribution in [2.45, 2.75) is 68.6 Å². The highest BCUT2D eigenvalue weighted by molar-refractivity contribution is 7.99. The number of amides is 1. The summed E-state index contributed by atoms with van der Waals surface area (Å²) in [5.74, 6) is 4.98. The number of halogens is 1. The number of aryl methyl sites for hydroxylation is 1. The van der Waals surface area contributed by atoms with Crippen LogP contribution in [0.25, 0.3) is 0 Å². The van der Waals surface area contributed by atoms with E-state index in [0.717, 1.165) is 67.3 Å². The van der Waals surface area contributed by atoms with Gasteiger partial charge in [-0.15, -0.1) is 0 Å². The maximum absolute atomic E-state index is 14.3. The number of carbonyl (C=O) groups is 1. The molecule has 260 valence electrons. The summed E-state index contributed by atoms with van der Waals surface area (Å²) >= 11 is 6.49. The smallest absolute Gasteiger partial charge is 0.264 e. The number of carbonyl (C=O) groups excluding carboxylic acids is 1. The number of aromatic nitrogens is 2. The number of ether oxygens (including phenoxy) is 2. The number of rotatable bonds is 2. The van der Waals surface area contributed by atoms with Crippen molar-refractivity contribution in [3.05, 3.63) is 94.3 Å². The van der Waals surface area contributed by atoms with Gasteiger partial charge < -0.3 is 14.4 Å². The predicted octanol–water partition coefficient (Wildman–Crippen LogP) is 6.86. The van der Waals surface area contributed by atoms with E-state index >= 15 is 0 Å². The lowest BCUT2D eigenvalue weighted by molar-refractivity contribution is -0.0836. The van der Waals surface area contributed by atoms with Gasteiger partial charge in [0, 0.05) is 60.6 Å². The molecule has 3 aromatic rings. The summed E-state index contributed by atoms with van der Waals surface area (Å²) in [6.45, 7) is 5.99. The minimum absolute atomic E-state index is 0.0154. The molecule has 49 heavy (non-hydrogen) atoms. The monoisotopic (exact) mass is 702 g/mol. The van der Waals surface area contributed by atoms with Crippen molar-refractivity contribution in [1.82, 2.24) is 14.5 Å². The number of methoxy groups -OCH3 is 1. The van der Waals surface area contributed by atoms with Crippen molar-refractivity contribution < 1.29 is 18.5 Å². The molecule has 10 heteroatoms. The number of hydrogen-bond donors (Lipinski definition) is 0. The molecule has 8 nitrogen and oxygen atoms in total. The van der Waals surface area contributed by atoms with Gasteiger partial charge in [-0.1, -0.05) is 36.7 Å². The van der Waals surface area contributed by atoms with Crippen LogP contribution in [0.3, 0.4) is 0 Å². The third-order valence-corrected chi connectivity index (χ3v) is 15.0. The van der Waals surface area contributed by atoms with E-state index < -0.39 is 15.3 Å². The molecule has 2 aliphatic heterocycles. The van der Waals surface area contributed by atoms with E-state index in [-0.39, 0.29) is 34.3 Å². The fraction of sp³-hybridized carbons (Fsp3) is 0.487. The number of allylic oxidation sites excluding steroid dienone is 1. The summed E-state index contributed by atoms with van der Waals surface area (Å²) in [6.07, 6.45) is 11.7. The van der Waals surface area contributed by atoms with Gasteiger partial charge in [0.1, 0.15) is 11.4 Å². The molecule has 2 unspecified atom stereocenters. The maximum atomic E-state index is 14.3. The SMILES string of the molecule is C=S1(=O)C(C)[C@@H](C)C/C=C/[C@@](OC)(c2cccnn2)[C@@H]2CC[C@H]2CN2C[C@@]3(CCCc4cc(Cl)ccc43)COc3ccc(cc32)C(=O)N1C. The Hall–Kier alpha value is -3.40.